The highest BCUT2D eigenvalue weighted by Crippen LogP contribution is 2.27. The molecule has 4 nitrogen and oxygen atoms in total. The molecule has 0 aromatic carbocycles. The topological polar surface area (TPSA) is 49.6 Å². The van der Waals surface area contributed by atoms with Gasteiger partial charge < -0.3 is 10.6 Å². The first kappa shape index (κ1) is 21.7. The molecule has 2 rings (SSSR count). The Hall–Kier alpha value is 0.390. The molecular weight excluding hydrogens is 296 g/mol. The average Bonchev–Trinajstić information content (AvgIpc) is 2.87. The Morgan fingerprint density at radius 3 is 1.69 bits per heavy atom. The molecule has 1 saturated carbocycles. The summed E-state index contributed by atoms with van der Waals surface area (Å²) >= 11 is 0. The molecule has 16 heavy (non-hydrogen) atoms. The second-order valence-electron chi connectivity index (χ2n) is 3.59. The summed E-state index contributed by atoms with van der Waals surface area (Å²) in [6.45, 7) is 3.64. The summed E-state index contributed by atoms with van der Waals surface area (Å²) in [5.41, 5.74) is 5.17. The van der Waals surface area contributed by atoms with E-state index in [-0.39, 0.29) is 55.7 Å². The molecule has 2 N–H and O–H groups in total. The van der Waals surface area contributed by atoms with Crippen molar-refractivity contribution in [3.63, 3.8) is 0 Å². The van der Waals surface area contributed by atoms with Crippen LogP contribution < -0.4 is 5.73 Å². The van der Waals surface area contributed by atoms with Gasteiger partial charge in [-0.25, -0.2) is 4.79 Å². The van der Waals surface area contributed by atoms with Gasteiger partial charge in [-0.15, -0.1) is 49.6 Å². The molecule has 1 aliphatic carbocycles. The predicted molar refractivity (Wildman–Crippen MR) is 74.7 cm³/mol. The molecule has 100 valence electrons. The second-order valence-corrected chi connectivity index (χ2v) is 3.59. The molecule has 0 aromatic heterocycles. The van der Waals surface area contributed by atoms with Crippen LogP contribution in [0, 0.1) is 0 Å². The van der Waals surface area contributed by atoms with Crippen LogP contribution in [0.4, 0.5) is 4.79 Å². The van der Waals surface area contributed by atoms with E-state index in [1.165, 1.54) is 12.8 Å². The standard InChI is InChI=1S/C8H15N3O.4ClH/c9-8(12)11-5-3-10(4-6-11)7-1-2-7;;;;/h7H,1-6H2,(H2,9,12);4*1H. The highest BCUT2D eigenvalue weighted by molar-refractivity contribution is 5.86. The fourth-order valence-electron chi connectivity index (χ4n) is 1.75. The molecule has 0 radical (unpaired) electrons. The summed E-state index contributed by atoms with van der Waals surface area (Å²) in [5.74, 6) is 0. The minimum atomic E-state index is -0.273. The summed E-state index contributed by atoms with van der Waals surface area (Å²) in [7, 11) is 0. The molecule has 0 unspecified atom stereocenters. The fourth-order valence-corrected chi connectivity index (χ4v) is 1.75. The van der Waals surface area contributed by atoms with E-state index >= 15 is 0 Å². The van der Waals surface area contributed by atoms with E-state index in [2.05, 4.69) is 4.90 Å². The molecular formula is C8H19Cl4N3O. The first-order valence-electron chi connectivity index (χ1n) is 4.56. The Labute approximate surface area is 121 Å². The van der Waals surface area contributed by atoms with Crippen LogP contribution in [0.15, 0.2) is 0 Å². The summed E-state index contributed by atoms with van der Waals surface area (Å²) in [4.78, 5) is 15.0. The van der Waals surface area contributed by atoms with Gasteiger partial charge in [0.2, 0.25) is 0 Å². The van der Waals surface area contributed by atoms with Crippen molar-refractivity contribution in [1.82, 2.24) is 9.80 Å². The quantitative estimate of drug-likeness (QED) is 0.798. The SMILES string of the molecule is Cl.Cl.Cl.Cl.NC(=O)N1CCN(C2CC2)CC1. The van der Waals surface area contributed by atoms with Gasteiger partial charge in [0.05, 0.1) is 0 Å². The number of urea groups is 1. The lowest BCUT2D eigenvalue weighted by molar-refractivity contribution is 0.140. The highest BCUT2D eigenvalue weighted by Gasteiger charge is 2.31. The van der Waals surface area contributed by atoms with Crippen LogP contribution in [-0.4, -0.2) is 48.1 Å². The van der Waals surface area contributed by atoms with Crippen molar-refractivity contribution in [3.8, 4) is 0 Å². The number of amides is 2. The molecule has 8 heteroatoms. The number of hydrogen-bond acceptors (Lipinski definition) is 2. The Balaban J connectivity index is -0.000000422. The number of nitrogens with two attached hydrogens (primary N) is 1. The lowest BCUT2D eigenvalue weighted by Crippen LogP contribution is -2.50. The maximum absolute atomic E-state index is 10.8. The number of nitrogens with zero attached hydrogens (tertiary/aromatic N) is 2. The first-order valence-corrected chi connectivity index (χ1v) is 4.56. The molecule has 0 atom stereocenters. The molecule has 2 fully saturated rings. The van der Waals surface area contributed by atoms with Gasteiger partial charge in [-0.1, -0.05) is 0 Å². The number of piperazine rings is 1. The largest absolute Gasteiger partial charge is 0.351 e. The predicted octanol–water partition coefficient (Wildman–Crippen LogP) is 1.53. The zero-order valence-corrected chi connectivity index (χ0v) is 12.1. The Morgan fingerprint density at radius 2 is 1.38 bits per heavy atom. The summed E-state index contributed by atoms with van der Waals surface area (Å²) in [5, 5.41) is 0. The lowest BCUT2D eigenvalue weighted by Gasteiger charge is -2.33. The lowest BCUT2D eigenvalue weighted by atomic mass is 10.3. The van der Waals surface area contributed by atoms with Crippen LogP contribution in [0.25, 0.3) is 0 Å². The zero-order chi connectivity index (χ0) is 8.55. The second kappa shape index (κ2) is 9.42. The fraction of sp³-hybridized carbons (Fsp3) is 0.875. The van der Waals surface area contributed by atoms with Gasteiger partial charge >= 0.3 is 6.03 Å². The number of primary amides is 1. The van der Waals surface area contributed by atoms with Crippen molar-refractivity contribution >= 4 is 55.7 Å². The van der Waals surface area contributed by atoms with E-state index in [9.17, 15) is 4.79 Å². The van der Waals surface area contributed by atoms with Crippen LogP contribution in [-0.2, 0) is 0 Å². The number of carbonyl (C=O) groups excluding carboxylic acids is 1. The van der Waals surface area contributed by atoms with E-state index < -0.39 is 0 Å². The van der Waals surface area contributed by atoms with Gasteiger partial charge in [0.1, 0.15) is 0 Å². The molecule has 2 amide bonds. The van der Waals surface area contributed by atoms with Crippen molar-refractivity contribution in [3.05, 3.63) is 0 Å². The third-order valence-electron chi connectivity index (χ3n) is 2.69. The van der Waals surface area contributed by atoms with Gasteiger partial charge in [-0.05, 0) is 12.8 Å². The van der Waals surface area contributed by atoms with Gasteiger partial charge in [0.15, 0.2) is 0 Å². The highest BCUT2D eigenvalue weighted by atomic mass is 35.5. The van der Waals surface area contributed by atoms with Crippen LogP contribution in [0.5, 0.6) is 0 Å². The zero-order valence-electron chi connectivity index (χ0n) is 8.83. The van der Waals surface area contributed by atoms with Crippen molar-refractivity contribution in [2.45, 2.75) is 18.9 Å². The van der Waals surface area contributed by atoms with E-state index in [0.717, 1.165) is 32.2 Å². The third-order valence-corrected chi connectivity index (χ3v) is 2.69. The van der Waals surface area contributed by atoms with Crippen molar-refractivity contribution in [2.75, 3.05) is 26.2 Å². The van der Waals surface area contributed by atoms with Crippen LogP contribution in [0.2, 0.25) is 0 Å². The first-order chi connectivity index (χ1) is 5.77. The molecule has 2 aliphatic rings. The minimum Gasteiger partial charge on any atom is -0.351 e. The molecule has 0 bridgehead atoms. The average molecular weight is 315 g/mol. The monoisotopic (exact) mass is 313 g/mol. The van der Waals surface area contributed by atoms with Crippen LogP contribution in [0.1, 0.15) is 12.8 Å². The van der Waals surface area contributed by atoms with Gasteiger partial charge in [-0.3, -0.25) is 4.90 Å². The number of halogens is 4. The molecule has 1 aliphatic heterocycles. The van der Waals surface area contributed by atoms with Crippen molar-refractivity contribution in [1.29, 1.82) is 0 Å². The third kappa shape index (κ3) is 5.64. The van der Waals surface area contributed by atoms with E-state index in [1.54, 1.807) is 4.90 Å². The molecule has 0 spiro atoms. The maximum Gasteiger partial charge on any atom is 0.314 e. The van der Waals surface area contributed by atoms with Crippen molar-refractivity contribution < 1.29 is 4.79 Å². The Bertz CT molecular complexity index is 196. The summed E-state index contributed by atoms with van der Waals surface area (Å²) < 4.78 is 0. The van der Waals surface area contributed by atoms with Crippen LogP contribution in [0.3, 0.4) is 0 Å². The number of carbonyl (C=O) groups is 1. The normalized spacial score (nSPS) is 19.4. The maximum atomic E-state index is 10.8. The molecule has 1 saturated heterocycles. The molecule has 0 aromatic rings. The Morgan fingerprint density at radius 1 is 0.938 bits per heavy atom. The number of rotatable bonds is 1. The van der Waals surface area contributed by atoms with E-state index in [0.29, 0.717) is 0 Å². The van der Waals surface area contributed by atoms with Crippen LogP contribution >= 0.6 is 49.6 Å². The van der Waals surface area contributed by atoms with Gasteiger partial charge in [0.25, 0.3) is 0 Å². The van der Waals surface area contributed by atoms with E-state index in [4.69, 9.17) is 5.73 Å². The number of hydrogen-bond donors (Lipinski definition) is 1. The smallest absolute Gasteiger partial charge is 0.314 e. The Kier molecular flexibility index (Phi) is 12.8. The summed E-state index contributed by atoms with van der Waals surface area (Å²) in [6, 6.07) is 0.547. The van der Waals surface area contributed by atoms with Gasteiger partial charge in [-0.2, -0.15) is 0 Å². The minimum absolute atomic E-state index is 0. The van der Waals surface area contributed by atoms with Gasteiger partial charge in [0, 0.05) is 32.2 Å². The summed E-state index contributed by atoms with van der Waals surface area (Å²) in [6.07, 6.45) is 2.69. The van der Waals surface area contributed by atoms with Crippen molar-refractivity contribution in [2.24, 2.45) is 5.73 Å². The molecule has 1 heterocycles. The van der Waals surface area contributed by atoms with E-state index in [1.807, 2.05) is 0 Å².